The van der Waals surface area contributed by atoms with Gasteiger partial charge >= 0.3 is 0 Å². The first-order valence-electron chi connectivity index (χ1n) is 7.38. The summed E-state index contributed by atoms with van der Waals surface area (Å²) in [5, 5.41) is 0. The summed E-state index contributed by atoms with van der Waals surface area (Å²) in [5.41, 5.74) is 0.685. The third kappa shape index (κ3) is 5.28. The molecule has 2 aromatic rings. The minimum atomic E-state index is -0.282. The lowest BCUT2D eigenvalue weighted by atomic mass is 10.2. The van der Waals surface area contributed by atoms with E-state index in [1.807, 2.05) is 30.5 Å². The van der Waals surface area contributed by atoms with Crippen molar-refractivity contribution < 1.29 is 13.9 Å². The van der Waals surface area contributed by atoms with Crippen molar-refractivity contribution in [3.05, 3.63) is 59.9 Å². The number of thioether (sulfide) groups is 1. The molecule has 2 rings (SSSR count). The Hall–Kier alpha value is -2.01. The molecule has 0 aliphatic rings. The molecule has 0 saturated carbocycles. The van der Waals surface area contributed by atoms with Crippen LogP contribution in [0.3, 0.4) is 0 Å². The highest BCUT2D eigenvalue weighted by Crippen LogP contribution is 2.16. The maximum atomic E-state index is 12.8. The lowest BCUT2D eigenvalue weighted by molar-refractivity contribution is 0.0788. The van der Waals surface area contributed by atoms with Crippen molar-refractivity contribution in [2.75, 3.05) is 26.5 Å². The van der Waals surface area contributed by atoms with Crippen LogP contribution in [0.4, 0.5) is 4.39 Å². The Balaban J connectivity index is 1.76. The minimum absolute atomic E-state index is 0.000523. The molecule has 0 saturated heterocycles. The SMILES string of the molecule is CSc1ccc(C(=O)N(C)CCCOc2ccc(F)cc2)cc1. The fourth-order valence-electron chi connectivity index (χ4n) is 2.08. The number of hydrogen-bond acceptors (Lipinski definition) is 3. The Bertz CT molecular complexity index is 628. The first-order chi connectivity index (χ1) is 11.1. The normalized spacial score (nSPS) is 10.4. The van der Waals surface area contributed by atoms with E-state index in [9.17, 15) is 9.18 Å². The summed E-state index contributed by atoms with van der Waals surface area (Å²) in [7, 11) is 1.78. The van der Waals surface area contributed by atoms with Crippen molar-refractivity contribution in [1.29, 1.82) is 0 Å². The molecule has 0 heterocycles. The van der Waals surface area contributed by atoms with Crippen LogP contribution in [-0.2, 0) is 0 Å². The number of nitrogens with zero attached hydrogens (tertiary/aromatic N) is 1. The van der Waals surface area contributed by atoms with Crippen LogP contribution in [-0.4, -0.2) is 37.3 Å². The van der Waals surface area contributed by atoms with Gasteiger partial charge in [-0.3, -0.25) is 4.79 Å². The smallest absolute Gasteiger partial charge is 0.253 e. The second-order valence-corrected chi connectivity index (χ2v) is 5.99. The summed E-state index contributed by atoms with van der Waals surface area (Å²) in [4.78, 5) is 15.1. The number of amides is 1. The number of rotatable bonds is 7. The summed E-state index contributed by atoms with van der Waals surface area (Å²) in [5.74, 6) is 0.350. The molecule has 0 N–H and O–H groups in total. The van der Waals surface area contributed by atoms with E-state index in [4.69, 9.17) is 4.74 Å². The monoisotopic (exact) mass is 333 g/mol. The van der Waals surface area contributed by atoms with Crippen molar-refractivity contribution >= 4 is 17.7 Å². The molecule has 0 aromatic heterocycles. The van der Waals surface area contributed by atoms with Gasteiger partial charge in [0.2, 0.25) is 0 Å². The zero-order valence-electron chi connectivity index (χ0n) is 13.3. The molecule has 2 aromatic carbocycles. The highest BCUT2D eigenvalue weighted by molar-refractivity contribution is 7.98. The molecular weight excluding hydrogens is 313 g/mol. The van der Waals surface area contributed by atoms with Gasteiger partial charge in [0.25, 0.3) is 5.91 Å². The topological polar surface area (TPSA) is 29.5 Å². The Morgan fingerprint density at radius 1 is 1.13 bits per heavy atom. The van der Waals surface area contributed by atoms with Gasteiger partial charge in [-0.2, -0.15) is 0 Å². The lowest BCUT2D eigenvalue weighted by Gasteiger charge is -2.17. The fourth-order valence-corrected chi connectivity index (χ4v) is 2.49. The van der Waals surface area contributed by atoms with Crippen LogP contribution in [0.5, 0.6) is 5.75 Å². The Morgan fingerprint density at radius 3 is 2.39 bits per heavy atom. The minimum Gasteiger partial charge on any atom is -0.494 e. The van der Waals surface area contributed by atoms with Gasteiger partial charge < -0.3 is 9.64 Å². The van der Waals surface area contributed by atoms with Gasteiger partial charge in [-0.15, -0.1) is 11.8 Å². The Labute approximate surface area is 140 Å². The van der Waals surface area contributed by atoms with E-state index in [1.54, 1.807) is 35.8 Å². The van der Waals surface area contributed by atoms with E-state index < -0.39 is 0 Å². The van der Waals surface area contributed by atoms with Gasteiger partial charge in [0, 0.05) is 24.1 Å². The van der Waals surface area contributed by atoms with E-state index in [2.05, 4.69) is 0 Å². The molecule has 0 atom stereocenters. The third-order valence-electron chi connectivity index (χ3n) is 3.40. The lowest BCUT2D eigenvalue weighted by Crippen LogP contribution is -2.28. The number of carbonyl (C=O) groups is 1. The van der Waals surface area contributed by atoms with E-state index in [1.165, 1.54) is 12.1 Å². The van der Waals surface area contributed by atoms with E-state index in [-0.39, 0.29) is 11.7 Å². The molecule has 0 fully saturated rings. The van der Waals surface area contributed by atoms with Gasteiger partial charge in [0.15, 0.2) is 0 Å². The van der Waals surface area contributed by atoms with Gasteiger partial charge in [0.05, 0.1) is 6.61 Å². The van der Waals surface area contributed by atoms with Crippen LogP contribution >= 0.6 is 11.8 Å². The van der Waals surface area contributed by atoms with E-state index >= 15 is 0 Å². The molecule has 23 heavy (non-hydrogen) atoms. The second-order valence-electron chi connectivity index (χ2n) is 5.11. The van der Waals surface area contributed by atoms with Crippen LogP contribution in [0, 0.1) is 5.82 Å². The summed E-state index contributed by atoms with van der Waals surface area (Å²) in [6.07, 6.45) is 2.71. The Morgan fingerprint density at radius 2 is 1.78 bits per heavy atom. The zero-order chi connectivity index (χ0) is 16.7. The average Bonchev–Trinajstić information content (AvgIpc) is 2.59. The molecule has 0 aliphatic heterocycles. The molecule has 0 aliphatic carbocycles. The number of ether oxygens (including phenoxy) is 1. The molecule has 1 amide bonds. The van der Waals surface area contributed by atoms with Crippen molar-refractivity contribution in [2.24, 2.45) is 0 Å². The maximum Gasteiger partial charge on any atom is 0.253 e. The molecule has 0 unspecified atom stereocenters. The summed E-state index contributed by atoms with van der Waals surface area (Å²) < 4.78 is 18.3. The highest BCUT2D eigenvalue weighted by Gasteiger charge is 2.11. The molecule has 0 radical (unpaired) electrons. The molecule has 0 spiro atoms. The van der Waals surface area contributed by atoms with Crippen LogP contribution in [0.2, 0.25) is 0 Å². The molecule has 122 valence electrons. The van der Waals surface area contributed by atoms with E-state index in [0.29, 0.717) is 30.9 Å². The van der Waals surface area contributed by atoms with Gasteiger partial charge in [-0.05, 0) is 61.2 Å². The summed E-state index contributed by atoms with van der Waals surface area (Å²) in [6, 6.07) is 13.5. The second kappa shape index (κ2) is 8.58. The largest absolute Gasteiger partial charge is 0.494 e. The fraction of sp³-hybridized carbons (Fsp3) is 0.278. The van der Waals surface area contributed by atoms with Crippen LogP contribution in [0.15, 0.2) is 53.4 Å². The summed E-state index contributed by atoms with van der Waals surface area (Å²) >= 11 is 1.65. The first-order valence-corrected chi connectivity index (χ1v) is 8.60. The van der Waals surface area contributed by atoms with Gasteiger partial charge in [-0.25, -0.2) is 4.39 Å². The summed E-state index contributed by atoms with van der Waals surface area (Å²) in [6.45, 7) is 1.08. The van der Waals surface area contributed by atoms with Crippen molar-refractivity contribution in [1.82, 2.24) is 4.90 Å². The average molecular weight is 333 g/mol. The number of benzene rings is 2. The molecule has 0 bridgehead atoms. The molecular formula is C18H20FNO2S. The standard InChI is InChI=1S/C18H20FNO2S/c1-20(18(21)14-4-10-17(23-2)11-5-14)12-3-13-22-16-8-6-15(19)7-9-16/h4-11H,3,12-13H2,1-2H3. The first kappa shape index (κ1) is 17.3. The number of hydrogen-bond donors (Lipinski definition) is 0. The highest BCUT2D eigenvalue weighted by atomic mass is 32.2. The quantitative estimate of drug-likeness (QED) is 0.565. The molecule has 3 nitrogen and oxygen atoms in total. The number of halogens is 1. The zero-order valence-corrected chi connectivity index (χ0v) is 14.1. The molecule has 5 heteroatoms. The predicted octanol–water partition coefficient (Wildman–Crippen LogP) is 4.09. The predicted molar refractivity (Wildman–Crippen MR) is 91.7 cm³/mol. The van der Waals surface area contributed by atoms with Crippen molar-refractivity contribution in [2.45, 2.75) is 11.3 Å². The van der Waals surface area contributed by atoms with Gasteiger partial charge in [0.1, 0.15) is 11.6 Å². The van der Waals surface area contributed by atoms with Gasteiger partial charge in [-0.1, -0.05) is 0 Å². The van der Waals surface area contributed by atoms with Crippen LogP contribution in [0.1, 0.15) is 16.8 Å². The maximum absolute atomic E-state index is 12.8. The van der Waals surface area contributed by atoms with Crippen LogP contribution in [0.25, 0.3) is 0 Å². The van der Waals surface area contributed by atoms with E-state index in [0.717, 1.165) is 4.90 Å². The Kier molecular flexibility index (Phi) is 6.47. The number of carbonyl (C=O) groups excluding carboxylic acids is 1. The van der Waals surface area contributed by atoms with Crippen molar-refractivity contribution in [3.63, 3.8) is 0 Å². The van der Waals surface area contributed by atoms with Crippen LogP contribution < -0.4 is 4.74 Å². The van der Waals surface area contributed by atoms with Crippen molar-refractivity contribution in [3.8, 4) is 5.75 Å². The third-order valence-corrected chi connectivity index (χ3v) is 4.15.